The van der Waals surface area contributed by atoms with E-state index in [2.05, 4.69) is 22.0 Å². The molecule has 0 radical (unpaired) electrons. The van der Waals surface area contributed by atoms with E-state index in [0.717, 1.165) is 37.7 Å². The maximum absolute atomic E-state index is 11.7. The van der Waals surface area contributed by atoms with Gasteiger partial charge in [-0.3, -0.25) is 14.3 Å². The van der Waals surface area contributed by atoms with Crippen LogP contribution in [0.4, 0.5) is 0 Å². The number of hydrogen-bond acceptors (Lipinski definition) is 5. The van der Waals surface area contributed by atoms with E-state index in [-0.39, 0.29) is 11.4 Å². The zero-order chi connectivity index (χ0) is 13.8. The standard InChI is InChI=1S/C11H18N4O3S/c1-2-14-5-3-4-8(14)6-15-10(18)12-13-11(15)19-7-9(16)17/h8H,2-7H2,1H3,(H,12,18)(H,16,17). The highest BCUT2D eigenvalue weighted by molar-refractivity contribution is 7.99. The molecule has 1 saturated heterocycles. The summed E-state index contributed by atoms with van der Waals surface area (Å²) in [5.41, 5.74) is -0.268. The number of nitrogens with zero attached hydrogens (tertiary/aromatic N) is 3. The van der Waals surface area contributed by atoms with E-state index >= 15 is 0 Å². The van der Waals surface area contributed by atoms with Crippen LogP contribution in [-0.4, -0.2) is 55.6 Å². The number of carboxylic acids is 1. The molecule has 1 unspecified atom stereocenters. The molecule has 1 fully saturated rings. The van der Waals surface area contributed by atoms with Crippen LogP contribution in [0.3, 0.4) is 0 Å². The van der Waals surface area contributed by atoms with Crippen molar-refractivity contribution in [3.8, 4) is 0 Å². The molecule has 1 aliphatic heterocycles. The van der Waals surface area contributed by atoms with Crippen molar-refractivity contribution >= 4 is 17.7 Å². The number of aromatic nitrogens is 3. The molecule has 2 rings (SSSR count). The fraction of sp³-hybridized carbons (Fsp3) is 0.727. The van der Waals surface area contributed by atoms with Gasteiger partial charge in [-0.1, -0.05) is 18.7 Å². The van der Waals surface area contributed by atoms with E-state index in [1.165, 1.54) is 0 Å². The Morgan fingerprint density at radius 3 is 3.11 bits per heavy atom. The number of aromatic amines is 1. The van der Waals surface area contributed by atoms with Crippen molar-refractivity contribution in [2.75, 3.05) is 18.8 Å². The van der Waals surface area contributed by atoms with E-state index in [1.54, 1.807) is 4.57 Å². The third kappa shape index (κ3) is 3.38. The zero-order valence-corrected chi connectivity index (χ0v) is 11.7. The Balaban J connectivity index is 2.08. The molecule has 0 spiro atoms. The van der Waals surface area contributed by atoms with Gasteiger partial charge in [0.05, 0.1) is 5.75 Å². The summed E-state index contributed by atoms with van der Waals surface area (Å²) in [4.78, 5) is 24.7. The van der Waals surface area contributed by atoms with Crippen molar-refractivity contribution in [1.82, 2.24) is 19.7 Å². The number of rotatable bonds is 6. The molecule has 19 heavy (non-hydrogen) atoms. The lowest BCUT2D eigenvalue weighted by Crippen LogP contribution is -2.35. The van der Waals surface area contributed by atoms with Crippen molar-refractivity contribution in [3.63, 3.8) is 0 Å². The first-order chi connectivity index (χ1) is 9.11. The second-order valence-electron chi connectivity index (χ2n) is 4.53. The van der Waals surface area contributed by atoms with Crippen molar-refractivity contribution in [1.29, 1.82) is 0 Å². The third-order valence-electron chi connectivity index (χ3n) is 3.35. The van der Waals surface area contributed by atoms with Gasteiger partial charge in [-0.25, -0.2) is 9.89 Å². The van der Waals surface area contributed by atoms with Crippen molar-refractivity contribution in [3.05, 3.63) is 10.5 Å². The maximum atomic E-state index is 11.7. The van der Waals surface area contributed by atoms with Gasteiger partial charge in [0.15, 0.2) is 5.16 Å². The second kappa shape index (κ2) is 6.25. The molecule has 1 aliphatic rings. The normalized spacial score (nSPS) is 19.9. The van der Waals surface area contributed by atoms with Gasteiger partial charge >= 0.3 is 11.7 Å². The van der Waals surface area contributed by atoms with E-state index in [0.29, 0.717) is 17.7 Å². The van der Waals surface area contributed by atoms with Crippen molar-refractivity contribution < 1.29 is 9.90 Å². The van der Waals surface area contributed by atoms with Crippen LogP contribution < -0.4 is 5.69 Å². The molecule has 1 aromatic rings. The number of H-pyrrole nitrogens is 1. The van der Waals surface area contributed by atoms with Gasteiger partial charge in [0.1, 0.15) is 0 Å². The van der Waals surface area contributed by atoms with Crippen LogP contribution in [0, 0.1) is 0 Å². The molecule has 106 valence electrons. The predicted octanol–water partition coefficient (Wildman–Crippen LogP) is 0.232. The summed E-state index contributed by atoms with van der Waals surface area (Å²) in [5, 5.41) is 15.4. The Kier molecular flexibility index (Phi) is 4.65. The Morgan fingerprint density at radius 2 is 2.42 bits per heavy atom. The van der Waals surface area contributed by atoms with Crippen LogP contribution >= 0.6 is 11.8 Å². The summed E-state index contributed by atoms with van der Waals surface area (Å²) in [5.74, 6) is -1.00. The van der Waals surface area contributed by atoms with Gasteiger partial charge in [-0.15, -0.1) is 5.10 Å². The van der Waals surface area contributed by atoms with Crippen LogP contribution in [0.25, 0.3) is 0 Å². The van der Waals surface area contributed by atoms with Crippen LogP contribution in [0.15, 0.2) is 9.95 Å². The minimum Gasteiger partial charge on any atom is -0.481 e. The Labute approximate surface area is 115 Å². The Hall–Kier alpha value is -1.28. The summed E-state index contributed by atoms with van der Waals surface area (Å²) in [6.45, 7) is 4.71. The zero-order valence-electron chi connectivity index (χ0n) is 10.8. The molecule has 0 aliphatic carbocycles. The minimum atomic E-state index is -0.914. The number of likely N-dealkylation sites (N-methyl/N-ethyl adjacent to an activating group) is 1. The third-order valence-corrected chi connectivity index (χ3v) is 4.31. The molecular weight excluding hydrogens is 268 g/mol. The van der Waals surface area contributed by atoms with Crippen LogP contribution in [0.1, 0.15) is 19.8 Å². The molecule has 2 N–H and O–H groups in total. The molecule has 2 heterocycles. The smallest absolute Gasteiger partial charge is 0.344 e. The van der Waals surface area contributed by atoms with Gasteiger partial charge in [0.2, 0.25) is 0 Å². The second-order valence-corrected chi connectivity index (χ2v) is 5.47. The summed E-state index contributed by atoms with van der Waals surface area (Å²) in [7, 11) is 0. The predicted molar refractivity (Wildman–Crippen MR) is 71.5 cm³/mol. The van der Waals surface area contributed by atoms with E-state index < -0.39 is 5.97 Å². The SMILES string of the molecule is CCN1CCCC1Cn1c(SCC(=O)O)n[nH]c1=O. The summed E-state index contributed by atoms with van der Waals surface area (Å²) >= 11 is 1.07. The van der Waals surface area contributed by atoms with Crippen LogP contribution in [0.2, 0.25) is 0 Å². The molecular formula is C11H18N4O3S. The van der Waals surface area contributed by atoms with Crippen LogP contribution in [-0.2, 0) is 11.3 Å². The molecule has 8 heteroatoms. The monoisotopic (exact) mass is 286 g/mol. The first kappa shape index (κ1) is 14.1. The molecule has 0 bridgehead atoms. The Morgan fingerprint density at radius 1 is 1.63 bits per heavy atom. The van der Waals surface area contributed by atoms with Crippen molar-refractivity contribution in [2.24, 2.45) is 0 Å². The van der Waals surface area contributed by atoms with Gasteiger partial charge in [0.25, 0.3) is 0 Å². The van der Waals surface area contributed by atoms with Gasteiger partial charge in [-0.05, 0) is 25.9 Å². The highest BCUT2D eigenvalue weighted by atomic mass is 32.2. The lowest BCUT2D eigenvalue weighted by molar-refractivity contribution is -0.133. The molecule has 0 amide bonds. The molecule has 1 aromatic heterocycles. The molecule has 1 atom stereocenters. The average molecular weight is 286 g/mol. The highest BCUT2D eigenvalue weighted by Gasteiger charge is 2.25. The fourth-order valence-corrected chi connectivity index (χ4v) is 3.11. The molecule has 0 aromatic carbocycles. The average Bonchev–Trinajstić information content (AvgIpc) is 2.96. The quantitative estimate of drug-likeness (QED) is 0.728. The number of aliphatic carboxylic acids is 1. The number of thioether (sulfide) groups is 1. The lowest BCUT2D eigenvalue weighted by atomic mass is 10.2. The van der Waals surface area contributed by atoms with E-state index in [1.807, 2.05) is 0 Å². The summed E-state index contributed by atoms with van der Waals surface area (Å²) in [6.07, 6.45) is 2.21. The number of nitrogens with one attached hydrogen (secondary N) is 1. The van der Waals surface area contributed by atoms with E-state index in [4.69, 9.17) is 5.11 Å². The lowest BCUT2D eigenvalue weighted by Gasteiger charge is -2.22. The Bertz CT molecular complexity index is 498. The fourth-order valence-electron chi connectivity index (χ4n) is 2.43. The number of likely N-dealkylation sites (tertiary alicyclic amines) is 1. The number of carboxylic acid groups (broad SMARTS) is 1. The first-order valence-electron chi connectivity index (χ1n) is 6.35. The molecule has 7 nitrogen and oxygen atoms in total. The van der Waals surface area contributed by atoms with E-state index in [9.17, 15) is 9.59 Å². The van der Waals surface area contributed by atoms with Gasteiger partial charge < -0.3 is 5.11 Å². The van der Waals surface area contributed by atoms with Gasteiger partial charge in [-0.2, -0.15) is 0 Å². The summed E-state index contributed by atoms with van der Waals surface area (Å²) in [6, 6.07) is 0.337. The van der Waals surface area contributed by atoms with Crippen molar-refractivity contribution in [2.45, 2.75) is 37.5 Å². The summed E-state index contributed by atoms with van der Waals surface area (Å²) < 4.78 is 1.55. The highest BCUT2D eigenvalue weighted by Crippen LogP contribution is 2.20. The first-order valence-corrected chi connectivity index (χ1v) is 7.34. The minimum absolute atomic E-state index is 0.0908. The number of hydrogen-bond donors (Lipinski definition) is 2. The molecule has 0 saturated carbocycles. The van der Waals surface area contributed by atoms with Crippen LogP contribution in [0.5, 0.6) is 0 Å². The topological polar surface area (TPSA) is 91.2 Å². The number of carbonyl (C=O) groups is 1. The van der Waals surface area contributed by atoms with Gasteiger partial charge in [0, 0.05) is 12.6 Å². The maximum Gasteiger partial charge on any atom is 0.344 e. The largest absolute Gasteiger partial charge is 0.481 e.